The Bertz CT molecular complexity index is 599. The van der Waals surface area contributed by atoms with Crippen molar-refractivity contribution >= 4 is 43.6 Å². The number of carbonyl (C=O) groups is 1. The first kappa shape index (κ1) is 13.2. The molecule has 0 fully saturated rings. The zero-order valence-corrected chi connectivity index (χ0v) is 12.7. The Morgan fingerprint density at radius 2 is 2.00 bits per heavy atom. The number of amides is 1. The molecule has 0 bridgehead atoms. The van der Waals surface area contributed by atoms with E-state index in [-0.39, 0.29) is 5.91 Å². The fraction of sp³-hybridized carbons (Fsp3) is 0.0769. The van der Waals surface area contributed by atoms with Crippen LogP contribution in [0.15, 0.2) is 45.5 Å². The van der Waals surface area contributed by atoms with Crippen molar-refractivity contribution in [2.24, 2.45) is 0 Å². The second-order valence-corrected chi connectivity index (χ2v) is 5.57. The van der Waals surface area contributed by atoms with E-state index in [1.807, 2.05) is 31.2 Å². The summed E-state index contributed by atoms with van der Waals surface area (Å²) in [5.41, 5.74) is 1.62. The van der Waals surface area contributed by atoms with Gasteiger partial charge in [-0.05, 0) is 58.7 Å². The van der Waals surface area contributed by atoms with Crippen LogP contribution in [0.3, 0.4) is 0 Å². The van der Waals surface area contributed by atoms with Gasteiger partial charge in [-0.3, -0.25) is 4.79 Å². The molecule has 0 aliphatic heterocycles. The minimum atomic E-state index is -0.188. The summed E-state index contributed by atoms with van der Waals surface area (Å²) in [5, 5.41) is 2.76. The van der Waals surface area contributed by atoms with Crippen molar-refractivity contribution in [3.05, 3.63) is 56.6 Å². The largest absolute Gasteiger partial charge is 0.307 e. The van der Waals surface area contributed by atoms with Gasteiger partial charge in [-0.1, -0.05) is 15.9 Å². The summed E-state index contributed by atoms with van der Waals surface area (Å²) in [4.78, 5) is 16.2. The molecule has 0 atom stereocenters. The molecule has 1 aromatic carbocycles. The van der Waals surface area contributed by atoms with Crippen LogP contribution in [0, 0.1) is 6.92 Å². The molecule has 0 unspecified atom stereocenters. The number of halogens is 2. The number of nitrogens with zero attached hydrogens (tertiary/aromatic N) is 1. The molecular weight excluding hydrogens is 360 g/mol. The summed E-state index contributed by atoms with van der Waals surface area (Å²) in [6.07, 6.45) is 1.67. The van der Waals surface area contributed by atoms with E-state index in [2.05, 4.69) is 42.2 Å². The third-order valence-corrected chi connectivity index (χ3v) is 3.48. The average molecular weight is 370 g/mol. The van der Waals surface area contributed by atoms with E-state index in [1.165, 1.54) is 0 Å². The number of carbonyl (C=O) groups excluding carboxylic acids is 1. The molecule has 0 radical (unpaired) electrons. The zero-order chi connectivity index (χ0) is 13.1. The Balaban J connectivity index is 2.22. The van der Waals surface area contributed by atoms with E-state index >= 15 is 0 Å². The van der Waals surface area contributed by atoms with Crippen molar-refractivity contribution in [2.45, 2.75) is 6.92 Å². The lowest BCUT2D eigenvalue weighted by molar-refractivity contribution is 0.102. The van der Waals surface area contributed by atoms with Crippen LogP contribution < -0.4 is 5.32 Å². The molecular formula is C13H10Br2N2O. The Morgan fingerprint density at radius 1 is 1.22 bits per heavy atom. The monoisotopic (exact) mass is 368 g/mol. The summed E-state index contributed by atoms with van der Waals surface area (Å²) in [7, 11) is 0. The van der Waals surface area contributed by atoms with Crippen molar-refractivity contribution in [1.29, 1.82) is 0 Å². The number of pyridine rings is 1. The molecule has 2 aromatic rings. The average Bonchev–Trinajstić information content (AvgIpc) is 2.28. The Kier molecular flexibility index (Phi) is 4.14. The quantitative estimate of drug-likeness (QED) is 0.863. The molecule has 0 saturated heterocycles. The lowest BCUT2D eigenvalue weighted by Crippen LogP contribution is -2.13. The fourth-order valence-electron chi connectivity index (χ4n) is 1.46. The lowest BCUT2D eigenvalue weighted by Gasteiger charge is -2.07. The topological polar surface area (TPSA) is 42.0 Å². The molecule has 3 nitrogen and oxygen atoms in total. The van der Waals surface area contributed by atoms with Crippen molar-refractivity contribution < 1.29 is 4.79 Å². The van der Waals surface area contributed by atoms with Crippen molar-refractivity contribution in [2.75, 3.05) is 5.32 Å². The van der Waals surface area contributed by atoms with Crippen molar-refractivity contribution in [3.8, 4) is 0 Å². The minimum absolute atomic E-state index is 0.188. The van der Waals surface area contributed by atoms with Crippen LogP contribution in [0.4, 0.5) is 5.82 Å². The molecule has 2 rings (SSSR count). The van der Waals surface area contributed by atoms with E-state index in [4.69, 9.17) is 0 Å². The molecule has 1 amide bonds. The predicted molar refractivity (Wildman–Crippen MR) is 78.8 cm³/mol. The van der Waals surface area contributed by atoms with Gasteiger partial charge in [0.1, 0.15) is 5.82 Å². The molecule has 1 aromatic heterocycles. The number of hydrogen-bond donors (Lipinski definition) is 1. The van der Waals surface area contributed by atoms with Gasteiger partial charge in [0.05, 0.1) is 5.56 Å². The smallest absolute Gasteiger partial charge is 0.257 e. The number of anilines is 1. The van der Waals surface area contributed by atoms with E-state index in [0.717, 1.165) is 14.5 Å². The van der Waals surface area contributed by atoms with Gasteiger partial charge in [-0.25, -0.2) is 4.98 Å². The van der Waals surface area contributed by atoms with Gasteiger partial charge in [-0.2, -0.15) is 0 Å². The van der Waals surface area contributed by atoms with Crippen LogP contribution in [-0.4, -0.2) is 10.9 Å². The van der Waals surface area contributed by atoms with Crippen molar-refractivity contribution in [3.63, 3.8) is 0 Å². The molecule has 0 saturated carbocycles. The van der Waals surface area contributed by atoms with E-state index in [9.17, 15) is 4.79 Å². The number of nitrogens with one attached hydrogen (secondary N) is 1. The SMILES string of the molecule is Cc1ccnc(NC(=O)c2ccc(Br)cc2Br)c1. The maximum atomic E-state index is 12.1. The summed E-state index contributed by atoms with van der Waals surface area (Å²) in [5.74, 6) is 0.363. The van der Waals surface area contributed by atoms with E-state index in [0.29, 0.717) is 11.4 Å². The summed E-state index contributed by atoms with van der Waals surface area (Å²) < 4.78 is 1.65. The summed E-state index contributed by atoms with van der Waals surface area (Å²) in [6.45, 7) is 1.95. The molecule has 5 heteroatoms. The highest BCUT2D eigenvalue weighted by Gasteiger charge is 2.10. The van der Waals surface area contributed by atoms with Gasteiger partial charge in [-0.15, -0.1) is 0 Å². The molecule has 92 valence electrons. The maximum absolute atomic E-state index is 12.1. The molecule has 0 aliphatic carbocycles. The number of hydrogen-bond acceptors (Lipinski definition) is 2. The van der Waals surface area contributed by atoms with Crippen LogP contribution in [0.5, 0.6) is 0 Å². The maximum Gasteiger partial charge on any atom is 0.257 e. The third-order valence-electron chi connectivity index (χ3n) is 2.33. The summed E-state index contributed by atoms with van der Waals surface area (Å²) in [6, 6.07) is 9.11. The first-order chi connectivity index (χ1) is 8.56. The van der Waals surface area contributed by atoms with Crippen LogP contribution >= 0.6 is 31.9 Å². The van der Waals surface area contributed by atoms with E-state index < -0.39 is 0 Å². The molecule has 18 heavy (non-hydrogen) atoms. The van der Waals surface area contributed by atoms with Gasteiger partial charge in [0.25, 0.3) is 5.91 Å². The van der Waals surface area contributed by atoms with Crippen LogP contribution in [0.1, 0.15) is 15.9 Å². The number of aromatic nitrogens is 1. The minimum Gasteiger partial charge on any atom is -0.307 e. The highest BCUT2D eigenvalue weighted by molar-refractivity contribution is 9.11. The van der Waals surface area contributed by atoms with E-state index in [1.54, 1.807) is 12.3 Å². The van der Waals surface area contributed by atoms with Crippen LogP contribution in [-0.2, 0) is 0 Å². The number of benzene rings is 1. The fourth-order valence-corrected chi connectivity index (χ4v) is 2.69. The Morgan fingerprint density at radius 3 is 2.67 bits per heavy atom. The highest BCUT2D eigenvalue weighted by Crippen LogP contribution is 2.22. The van der Waals surface area contributed by atoms with Gasteiger partial charge < -0.3 is 5.32 Å². The van der Waals surface area contributed by atoms with Gasteiger partial charge in [0.2, 0.25) is 0 Å². The first-order valence-electron chi connectivity index (χ1n) is 5.25. The van der Waals surface area contributed by atoms with Crippen LogP contribution in [0.2, 0.25) is 0 Å². The van der Waals surface area contributed by atoms with Gasteiger partial charge >= 0.3 is 0 Å². The molecule has 1 N–H and O–H groups in total. The lowest BCUT2D eigenvalue weighted by atomic mass is 10.2. The van der Waals surface area contributed by atoms with Gasteiger partial charge in [0, 0.05) is 15.1 Å². The number of aryl methyl sites for hydroxylation is 1. The Hall–Kier alpha value is -1.20. The number of rotatable bonds is 2. The Labute approximate surface area is 122 Å². The molecule has 0 spiro atoms. The first-order valence-corrected chi connectivity index (χ1v) is 6.84. The molecule has 1 heterocycles. The normalized spacial score (nSPS) is 10.2. The van der Waals surface area contributed by atoms with Crippen molar-refractivity contribution in [1.82, 2.24) is 4.98 Å². The zero-order valence-electron chi connectivity index (χ0n) is 9.58. The molecule has 0 aliphatic rings. The second-order valence-electron chi connectivity index (χ2n) is 3.80. The standard InChI is InChI=1S/C13H10Br2N2O/c1-8-4-5-16-12(6-8)17-13(18)10-3-2-9(14)7-11(10)15/h2-7H,1H3,(H,16,17,18). The third kappa shape index (κ3) is 3.17. The highest BCUT2D eigenvalue weighted by atomic mass is 79.9. The predicted octanol–water partition coefficient (Wildman–Crippen LogP) is 4.17. The summed E-state index contributed by atoms with van der Waals surface area (Å²) >= 11 is 6.71. The van der Waals surface area contributed by atoms with Crippen LogP contribution in [0.25, 0.3) is 0 Å². The van der Waals surface area contributed by atoms with Gasteiger partial charge in [0.15, 0.2) is 0 Å². The second kappa shape index (κ2) is 5.63.